The van der Waals surface area contributed by atoms with E-state index in [1.54, 1.807) is 13.8 Å². The van der Waals surface area contributed by atoms with Crippen molar-refractivity contribution in [3.8, 4) is 46.2 Å². The number of nitrogens with one attached hydrogen (secondary N) is 9. The number of amides is 5. The van der Waals surface area contributed by atoms with Crippen molar-refractivity contribution in [3.05, 3.63) is 143 Å². The van der Waals surface area contributed by atoms with E-state index in [1.165, 1.54) is 59.9 Å². The molecule has 16 rings (SSSR count). The van der Waals surface area contributed by atoms with E-state index in [0.717, 1.165) is 142 Å². The second-order valence-corrected chi connectivity index (χ2v) is 31.8. The number of carbonyl (C=O) groups excluding carboxylic acids is 5. The SMILES string of the molecule is C(#Cc1ccc2nc([C@@H]3CC4(CC4)CN3)[nH]c2c1)c1ccc(-c2cnc([C@@H]3CC4(CC4)CN3)[nH]2)cc1.COC(=O)NC(C(=O)O)C(C)C.COC(=O)N[C@H](C(=O)N1CC2(CC2)C[C@H]1c1ncc(-c2ccc(C#Cc3ccc4nc([C@@H]5CC6(CC6)CN5C(=O)[C@@H](NC(=O)OC)C(C)C)[nH]c4c3)cc2)[nH]1)C(C)C.S.S.S.S.S.S. The van der Waals surface area contributed by atoms with Gasteiger partial charge in [-0.25, -0.2) is 39.1 Å². The molecule has 4 aromatic carbocycles. The lowest BCUT2D eigenvalue weighted by Crippen LogP contribution is -2.51. The van der Waals surface area contributed by atoms with Gasteiger partial charge in [-0.15, -0.1) is 0 Å². The Morgan fingerprint density at radius 3 is 1.18 bits per heavy atom. The fourth-order valence-corrected chi connectivity index (χ4v) is 15.5. The smallest absolute Gasteiger partial charge is 0.407 e. The molecule has 0 radical (unpaired) electrons. The predicted molar refractivity (Wildman–Crippen MR) is 460 cm³/mol. The van der Waals surface area contributed by atoms with Gasteiger partial charge in [0.2, 0.25) is 11.8 Å². The average Bonchev–Trinajstić information content (AvgIpc) is 1.59. The van der Waals surface area contributed by atoms with Crippen molar-refractivity contribution < 1.29 is 48.1 Å². The summed E-state index contributed by atoms with van der Waals surface area (Å²) in [6, 6.07) is 26.5. The van der Waals surface area contributed by atoms with Gasteiger partial charge < -0.3 is 75.6 Å². The summed E-state index contributed by atoms with van der Waals surface area (Å²) >= 11 is 0. The van der Waals surface area contributed by atoms with Crippen LogP contribution in [0.25, 0.3) is 44.6 Å². The first-order valence-corrected chi connectivity index (χ1v) is 37.1. The van der Waals surface area contributed by atoms with Crippen LogP contribution >= 0.6 is 81.0 Å². The van der Waals surface area contributed by atoms with Crippen molar-refractivity contribution in [1.29, 1.82) is 0 Å². The van der Waals surface area contributed by atoms with Crippen LogP contribution in [-0.2, 0) is 28.6 Å². The molecule has 10 N–H and O–H groups in total. The number of carboxylic acids is 1. The van der Waals surface area contributed by atoms with E-state index in [9.17, 15) is 28.8 Å². The number of carboxylic acid groups (broad SMARTS) is 1. The van der Waals surface area contributed by atoms with Gasteiger partial charge in [0.15, 0.2) is 0 Å². The van der Waals surface area contributed by atoms with Crippen molar-refractivity contribution in [1.82, 2.24) is 76.3 Å². The topological polar surface area (TPSA) is 332 Å². The molecule has 4 aliphatic carbocycles. The minimum atomic E-state index is -1.06. The highest BCUT2D eigenvalue weighted by atomic mass is 32.1. The Hall–Kier alpha value is -8.40. The highest BCUT2D eigenvalue weighted by molar-refractivity contribution is 7.60. The zero-order valence-corrected chi connectivity index (χ0v) is 70.6. The summed E-state index contributed by atoms with van der Waals surface area (Å²) < 4.78 is 13.9. The molecule has 112 heavy (non-hydrogen) atoms. The second kappa shape index (κ2) is 36.8. The summed E-state index contributed by atoms with van der Waals surface area (Å²) in [4.78, 5) is 110. The normalized spacial score (nSPS) is 20.1. The third kappa shape index (κ3) is 20.2. The number of likely N-dealkylation sites (tertiary alicyclic amines) is 2. The van der Waals surface area contributed by atoms with Crippen LogP contribution in [0.4, 0.5) is 14.4 Å². The van der Waals surface area contributed by atoms with E-state index in [1.807, 2.05) is 92.4 Å². The number of carbonyl (C=O) groups is 6. The van der Waals surface area contributed by atoms with Gasteiger partial charge in [0.1, 0.15) is 41.4 Å². The number of benzene rings is 4. The van der Waals surface area contributed by atoms with Crippen LogP contribution < -0.4 is 26.6 Å². The van der Waals surface area contributed by atoms with Crippen molar-refractivity contribution in [2.45, 2.75) is 161 Å². The van der Waals surface area contributed by atoms with Gasteiger partial charge in [-0.3, -0.25) is 9.59 Å². The van der Waals surface area contributed by atoms with E-state index >= 15 is 0 Å². The number of aliphatic carboxylic acids is 1. The molecule has 602 valence electrons. The van der Waals surface area contributed by atoms with Crippen LogP contribution in [0.5, 0.6) is 0 Å². The molecular weight excluding hydrogens is 1540 g/mol. The number of methoxy groups -OCH3 is 3. The monoisotopic (exact) mass is 1640 g/mol. The lowest BCUT2D eigenvalue weighted by molar-refractivity contribution is -0.140. The van der Waals surface area contributed by atoms with Crippen LogP contribution in [0.15, 0.2) is 97.3 Å². The van der Waals surface area contributed by atoms with E-state index < -0.39 is 42.4 Å². The van der Waals surface area contributed by atoms with Crippen LogP contribution in [0.3, 0.4) is 0 Å². The number of fused-ring (bicyclic) bond motifs is 2. The molecule has 8 heterocycles. The largest absolute Gasteiger partial charge is 0.480 e. The number of alkyl carbamates (subject to hydrolysis) is 3. The van der Waals surface area contributed by atoms with E-state index in [4.69, 9.17) is 29.5 Å². The van der Waals surface area contributed by atoms with Gasteiger partial charge >= 0.3 is 24.2 Å². The number of H-pyrrole nitrogens is 4. The molecule has 25 nitrogen and oxygen atoms in total. The molecule has 5 amide bonds. The van der Waals surface area contributed by atoms with E-state index in [0.29, 0.717) is 36.0 Å². The van der Waals surface area contributed by atoms with Gasteiger partial charge in [0.05, 0.1) is 91.3 Å². The van der Waals surface area contributed by atoms with Gasteiger partial charge in [0, 0.05) is 48.4 Å². The first-order chi connectivity index (χ1) is 50.9. The number of aromatic amines is 4. The number of nitrogens with zero attached hydrogens (tertiary/aromatic N) is 6. The minimum absolute atomic E-state index is 0. The molecule has 8 fully saturated rings. The maximum atomic E-state index is 13.9. The minimum Gasteiger partial charge on any atom is -0.480 e. The Bertz CT molecular complexity index is 4790. The zero-order valence-electron chi connectivity index (χ0n) is 64.6. The van der Waals surface area contributed by atoms with Crippen molar-refractivity contribution >= 4 is 139 Å². The molecule has 4 aliphatic heterocycles. The third-order valence-electron chi connectivity index (χ3n) is 22.9. The van der Waals surface area contributed by atoms with Crippen LogP contribution in [0.2, 0.25) is 0 Å². The summed E-state index contributed by atoms with van der Waals surface area (Å²) in [5.74, 6) is 15.1. The molecule has 8 aromatic rings. The summed E-state index contributed by atoms with van der Waals surface area (Å²) in [5, 5.41) is 23.6. The summed E-state index contributed by atoms with van der Waals surface area (Å²) in [7, 11) is 3.79. The Morgan fingerprint density at radius 2 is 0.795 bits per heavy atom. The lowest BCUT2D eigenvalue weighted by Gasteiger charge is -2.30. The fourth-order valence-electron chi connectivity index (χ4n) is 15.5. The molecule has 7 atom stereocenters. The third-order valence-corrected chi connectivity index (χ3v) is 22.9. The highest BCUT2D eigenvalue weighted by Gasteiger charge is 2.57. The number of hydrogen-bond acceptors (Lipinski definition) is 15. The van der Waals surface area contributed by atoms with Crippen LogP contribution in [-0.4, -0.2) is 156 Å². The predicted octanol–water partition coefficient (Wildman–Crippen LogP) is 12.3. The average molecular weight is 1640 g/mol. The molecule has 0 bridgehead atoms. The van der Waals surface area contributed by atoms with Crippen LogP contribution in [0.1, 0.15) is 188 Å². The first kappa shape index (κ1) is 89.2. The standard InChI is InChI=1S/C44H52N8O6.C30H30N6.C7H13NO4.6H2S/c1-25(2)35(49-41(55)57-5)39(53)51-23-43(15-16-43)20-33(51)37-45-22-32(48-37)29-12-9-27(10-13-29)7-8-28-11-14-30-31(19-28)47-38(46-30)34-21-44(17-18-44)24-52(34)40(54)36(26(3)4)50-42(56)58-6;1(2-20-5-8-22-23(13-20)35-28(34-22)25-15-30(11-12-30)18-33-25)19-3-6-21(7-4-19)26-16-31-27(36-26)24-14-29(9-10-29)17-32-24;1-4(2)5(6(9)10)8-7(11)12-3;;;;;;/h9-14,19,22,25-26,33-36H,15-18,20-21,23-24H2,1-6H3,(H,45,48)(H,46,47)(H,49,55)(H,50,56);3-8,13,16,24-25,32-33H,9-12,14-15,17-18H2,(H,31,36)(H,34,35);4-5H,1-3H3,(H,8,11)(H,9,10);6*1H2/t33-,34-,35-,36-;24-,25-;;;;;;;/m00......./s1. The number of imidazole rings is 4. The molecule has 4 spiro atoms. The molecular formula is C81H107N15O10S6. The first-order valence-electron chi connectivity index (χ1n) is 37.1. The van der Waals surface area contributed by atoms with Crippen molar-refractivity contribution in [2.75, 3.05) is 47.5 Å². The van der Waals surface area contributed by atoms with Crippen molar-refractivity contribution in [2.24, 2.45) is 39.4 Å². The highest BCUT2D eigenvalue weighted by Crippen LogP contribution is 2.60. The second-order valence-electron chi connectivity index (χ2n) is 31.8. The maximum Gasteiger partial charge on any atom is 0.407 e. The lowest BCUT2D eigenvalue weighted by atomic mass is 10.0. The Kier molecular flexibility index (Phi) is 29.3. The number of rotatable bonds is 15. The van der Waals surface area contributed by atoms with Gasteiger partial charge in [-0.1, -0.05) is 89.5 Å². The quantitative estimate of drug-likeness (QED) is 0.0337. The number of aromatic nitrogens is 8. The van der Waals surface area contributed by atoms with E-state index in [-0.39, 0.29) is 133 Å². The molecule has 1 unspecified atom stereocenters. The summed E-state index contributed by atoms with van der Waals surface area (Å²) in [5.41, 5.74) is 12.7. The number of hydrogen-bond donors (Lipinski definition) is 10. The van der Waals surface area contributed by atoms with Crippen molar-refractivity contribution in [3.63, 3.8) is 0 Å². The van der Waals surface area contributed by atoms with E-state index in [2.05, 4.69) is 122 Å². The molecule has 8 aliphatic rings. The Morgan fingerprint density at radius 1 is 0.446 bits per heavy atom. The Labute approximate surface area is 695 Å². The van der Waals surface area contributed by atoms with Crippen LogP contribution in [0, 0.1) is 63.1 Å². The molecule has 4 aromatic heterocycles. The molecule has 31 heteroatoms. The zero-order chi connectivity index (χ0) is 74.4. The summed E-state index contributed by atoms with van der Waals surface area (Å²) in [6.07, 6.45) is 15.6. The fraction of sp³-hybridized carbons (Fsp3) is 0.481. The van der Waals surface area contributed by atoms with Gasteiger partial charge in [0.25, 0.3) is 0 Å². The summed E-state index contributed by atoms with van der Waals surface area (Å²) in [6.45, 7) is 14.6. The maximum absolute atomic E-state index is 13.9. The molecule has 4 saturated carbocycles. The Balaban J connectivity index is 0.000000249. The van der Waals surface area contributed by atoms with Gasteiger partial charge in [-0.05, 0) is 188 Å². The number of ether oxygens (including phenoxy) is 3. The van der Waals surface area contributed by atoms with Gasteiger partial charge in [-0.2, -0.15) is 81.0 Å². The molecule has 4 saturated heterocycles.